The number of hydrogen-bond acceptors (Lipinski definition) is 4. The van der Waals surface area contributed by atoms with E-state index >= 15 is 0 Å². The minimum absolute atomic E-state index is 0.0356. The quantitative estimate of drug-likeness (QED) is 0.326. The van der Waals surface area contributed by atoms with Crippen LogP contribution in [0.5, 0.6) is 0 Å². The highest BCUT2D eigenvalue weighted by molar-refractivity contribution is 5.96. The largest absolute Gasteiger partial charge is 0.365 e. The van der Waals surface area contributed by atoms with Gasteiger partial charge in [-0.1, -0.05) is 19.9 Å². The Bertz CT molecular complexity index is 506. The highest BCUT2D eigenvalue weighted by Gasteiger charge is 2.09. The summed E-state index contributed by atoms with van der Waals surface area (Å²) in [5.74, 6) is 1.15. The molecule has 0 aliphatic carbocycles. The van der Waals surface area contributed by atoms with Crippen molar-refractivity contribution in [3.63, 3.8) is 0 Å². The molecular weight excluding hydrogens is 216 g/mol. The molecular formula is C12H12N4O. The van der Waals surface area contributed by atoms with Gasteiger partial charge in [-0.25, -0.2) is 0 Å². The van der Waals surface area contributed by atoms with E-state index in [1.807, 2.05) is 25.8 Å². The summed E-state index contributed by atoms with van der Waals surface area (Å²) < 4.78 is 0. The van der Waals surface area contributed by atoms with Crippen molar-refractivity contribution < 1.29 is 4.79 Å². The molecule has 17 heavy (non-hydrogen) atoms. The Hall–Kier alpha value is -2.62. The second-order valence-corrected chi connectivity index (χ2v) is 3.44. The summed E-state index contributed by atoms with van der Waals surface area (Å²) in [6.07, 6.45) is 2.68. The van der Waals surface area contributed by atoms with Crippen LogP contribution >= 0.6 is 0 Å². The molecule has 86 valence electrons. The lowest BCUT2D eigenvalue weighted by Crippen LogP contribution is -2.12. The number of nitriles is 2. The van der Waals surface area contributed by atoms with Gasteiger partial charge in [0, 0.05) is 0 Å². The Balaban J connectivity index is 5.55. The van der Waals surface area contributed by atoms with Crippen molar-refractivity contribution >= 4 is 11.8 Å². The topological polar surface area (TPSA) is 115 Å². The number of amides is 1. The van der Waals surface area contributed by atoms with Gasteiger partial charge in [-0.15, -0.1) is 0 Å². The van der Waals surface area contributed by atoms with E-state index < -0.39 is 5.91 Å². The van der Waals surface area contributed by atoms with E-state index in [1.54, 1.807) is 6.07 Å². The van der Waals surface area contributed by atoms with Gasteiger partial charge in [-0.3, -0.25) is 10.2 Å². The lowest BCUT2D eigenvalue weighted by molar-refractivity contribution is -0.114. The lowest BCUT2D eigenvalue weighted by atomic mass is 9.96. The van der Waals surface area contributed by atoms with E-state index in [0.717, 1.165) is 0 Å². The summed E-state index contributed by atoms with van der Waals surface area (Å²) in [5, 5.41) is 24.4. The number of nitrogens with two attached hydrogens (primary N) is 1. The number of hydrogen-bond donors (Lipinski definition) is 2. The van der Waals surface area contributed by atoms with E-state index in [9.17, 15) is 4.79 Å². The van der Waals surface area contributed by atoms with Crippen molar-refractivity contribution in [1.29, 1.82) is 15.9 Å². The Morgan fingerprint density at radius 3 is 2.18 bits per heavy atom. The maximum Gasteiger partial charge on any atom is 0.259 e. The highest BCUT2D eigenvalue weighted by Crippen LogP contribution is 2.17. The maximum absolute atomic E-state index is 10.8. The molecule has 1 amide bonds. The molecule has 0 aromatic carbocycles. The summed E-state index contributed by atoms with van der Waals surface area (Å²) >= 11 is 0. The number of nitrogens with zero attached hydrogens (tertiary/aromatic N) is 2. The fourth-order valence-electron chi connectivity index (χ4n) is 1.08. The van der Waals surface area contributed by atoms with Crippen LogP contribution in [-0.4, -0.2) is 11.8 Å². The minimum atomic E-state index is -0.829. The molecule has 0 aliphatic rings. The molecule has 0 bridgehead atoms. The van der Waals surface area contributed by atoms with Gasteiger partial charge >= 0.3 is 0 Å². The Kier molecular flexibility index (Phi) is 5.74. The molecule has 0 rings (SSSR count). The van der Waals surface area contributed by atoms with Gasteiger partial charge in [0.05, 0.1) is 0 Å². The van der Waals surface area contributed by atoms with Crippen LogP contribution in [0.3, 0.4) is 0 Å². The summed E-state index contributed by atoms with van der Waals surface area (Å²) in [7, 11) is 0. The molecule has 5 heteroatoms. The third kappa shape index (κ3) is 4.17. The first-order valence-electron chi connectivity index (χ1n) is 4.79. The van der Waals surface area contributed by atoms with Crippen LogP contribution < -0.4 is 5.73 Å². The number of carbonyl (C=O) groups is 1. The number of nitrogens with one attached hydrogen (secondary N) is 1. The van der Waals surface area contributed by atoms with E-state index in [2.05, 4.69) is 0 Å². The lowest BCUT2D eigenvalue weighted by Gasteiger charge is -2.06. The number of allylic oxidation sites excluding steroid dienone is 4. The molecule has 0 aromatic heterocycles. The van der Waals surface area contributed by atoms with Crippen molar-refractivity contribution in [2.24, 2.45) is 11.7 Å². The van der Waals surface area contributed by atoms with Gasteiger partial charge in [0.25, 0.3) is 5.91 Å². The van der Waals surface area contributed by atoms with Crippen molar-refractivity contribution in [2.45, 2.75) is 13.8 Å². The van der Waals surface area contributed by atoms with Crippen molar-refractivity contribution in [3.05, 3.63) is 28.9 Å². The van der Waals surface area contributed by atoms with Gasteiger partial charge < -0.3 is 5.73 Å². The van der Waals surface area contributed by atoms with Crippen LogP contribution in [0, 0.1) is 34.0 Å². The molecule has 0 spiro atoms. The van der Waals surface area contributed by atoms with Crippen LogP contribution in [0.1, 0.15) is 13.8 Å². The summed E-state index contributed by atoms with van der Waals surface area (Å²) in [4.78, 5) is 10.8. The second kappa shape index (κ2) is 6.79. The molecule has 3 N–H and O–H groups in total. The average molecular weight is 228 g/mol. The zero-order valence-electron chi connectivity index (χ0n) is 9.61. The first-order chi connectivity index (χ1) is 7.97. The molecule has 0 aromatic rings. The monoisotopic (exact) mass is 228 g/mol. The molecule has 0 unspecified atom stereocenters. The zero-order chi connectivity index (χ0) is 13.4. The maximum atomic E-state index is 10.8. The van der Waals surface area contributed by atoms with Gasteiger partial charge in [0.2, 0.25) is 0 Å². The zero-order valence-corrected chi connectivity index (χ0v) is 9.61. The van der Waals surface area contributed by atoms with E-state index in [1.165, 1.54) is 12.2 Å². The molecule has 0 radical (unpaired) electrons. The molecule has 0 fully saturated rings. The standard InChI is InChI=1S/C12H12N4O/c1-8(2)11(10(6-14)7-15)4-3-9(5-13)12(16)17/h3-4,8,14H,1-2H3,(H2,16,17)/b9-3+,11-4+. The van der Waals surface area contributed by atoms with Crippen molar-refractivity contribution in [2.75, 3.05) is 0 Å². The molecule has 0 aliphatic heterocycles. The predicted octanol–water partition coefficient (Wildman–Crippen LogP) is 1.20. The Morgan fingerprint density at radius 1 is 1.29 bits per heavy atom. The molecule has 0 saturated heterocycles. The molecule has 0 atom stereocenters. The van der Waals surface area contributed by atoms with Crippen LogP contribution in [0.4, 0.5) is 0 Å². The van der Waals surface area contributed by atoms with Crippen molar-refractivity contribution in [3.8, 4) is 12.1 Å². The third-order valence-corrected chi connectivity index (χ3v) is 1.96. The summed E-state index contributed by atoms with van der Waals surface area (Å²) in [5.41, 5.74) is 5.36. The highest BCUT2D eigenvalue weighted by atomic mass is 16.1. The van der Waals surface area contributed by atoms with Crippen LogP contribution in [0.2, 0.25) is 0 Å². The van der Waals surface area contributed by atoms with E-state index in [-0.39, 0.29) is 17.1 Å². The first kappa shape index (κ1) is 14.4. The predicted molar refractivity (Wildman–Crippen MR) is 62.7 cm³/mol. The van der Waals surface area contributed by atoms with Crippen LogP contribution in [0.15, 0.2) is 28.9 Å². The first-order valence-corrected chi connectivity index (χ1v) is 4.79. The molecule has 5 nitrogen and oxygen atoms in total. The third-order valence-electron chi connectivity index (χ3n) is 1.96. The number of primary amides is 1. The minimum Gasteiger partial charge on any atom is -0.365 e. The SMILES string of the molecule is CC(C)/C(=C\C=C(/C#N)C(N)=O)C(=C=N)C#N. The number of carbonyl (C=O) groups excluding carboxylic acids is 1. The van der Waals surface area contributed by atoms with E-state index in [4.69, 9.17) is 21.7 Å². The molecule has 0 heterocycles. The molecule has 0 saturated carbocycles. The fourth-order valence-corrected chi connectivity index (χ4v) is 1.08. The average Bonchev–Trinajstić information content (AvgIpc) is 2.27. The smallest absolute Gasteiger partial charge is 0.259 e. The van der Waals surface area contributed by atoms with Gasteiger partial charge in [-0.2, -0.15) is 10.5 Å². The van der Waals surface area contributed by atoms with Crippen LogP contribution in [0.25, 0.3) is 0 Å². The van der Waals surface area contributed by atoms with Gasteiger partial charge in [0.1, 0.15) is 23.3 Å². The second-order valence-electron chi connectivity index (χ2n) is 3.44. The fraction of sp³-hybridized carbons (Fsp3) is 0.250. The Morgan fingerprint density at radius 2 is 1.88 bits per heavy atom. The van der Waals surface area contributed by atoms with Gasteiger partial charge in [-0.05, 0) is 23.4 Å². The van der Waals surface area contributed by atoms with Crippen molar-refractivity contribution in [1.82, 2.24) is 0 Å². The van der Waals surface area contributed by atoms with Crippen LogP contribution in [-0.2, 0) is 4.79 Å². The summed E-state index contributed by atoms with van der Waals surface area (Å²) in [6.45, 7) is 3.65. The normalized spacial score (nSPS) is 11.4. The number of rotatable bonds is 4. The van der Waals surface area contributed by atoms with Gasteiger partial charge in [0.15, 0.2) is 0 Å². The van der Waals surface area contributed by atoms with E-state index in [0.29, 0.717) is 5.57 Å². The summed E-state index contributed by atoms with van der Waals surface area (Å²) in [6, 6.07) is 3.48. The Labute approximate surface area is 99.7 Å².